The number of hydrogen-bond donors (Lipinski definition) is 2. The molecule has 0 saturated heterocycles. The third kappa shape index (κ3) is 6.86. The second kappa shape index (κ2) is 7.73. The van der Waals surface area contributed by atoms with Gasteiger partial charge < -0.3 is 15.2 Å². The van der Waals surface area contributed by atoms with Crippen molar-refractivity contribution in [1.29, 1.82) is 0 Å². The van der Waals surface area contributed by atoms with Gasteiger partial charge in [0.1, 0.15) is 12.6 Å². The molecule has 0 aromatic heterocycles. The van der Waals surface area contributed by atoms with Gasteiger partial charge in [-0.1, -0.05) is 26.5 Å². The van der Waals surface area contributed by atoms with Crippen molar-refractivity contribution in [3.8, 4) is 0 Å². The van der Waals surface area contributed by atoms with Crippen LogP contribution >= 0.6 is 0 Å². The summed E-state index contributed by atoms with van der Waals surface area (Å²) in [6.45, 7) is 7.45. The number of carbonyl (C=O) groups is 2. The number of carboxylic acids is 1. The van der Waals surface area contributed by atoms with Crippen LogP contribution in [0.25, 0.3) is 0 Å². The van der Waals surface area contributed by atoms with E-state index in [4.69, 9.17) is 5.11 Å². The van der Waals surface area contributed by atoms with E-state index in [0.717, 1.165) is 6.42 Å². The third-order valence-electron chi connectivity index (χ3n) is 1.96. The van der Waals surface area contributed by atoms with E-state index in [2.05, 4.69) is 16.6 Å². The van der Waals surface area contributed by atoms with Gasteiger partial charge in [-0.15, -0.1) is 0 Å². The first-order chi connectivity index (χ1) is 7.47. The van der Waals surface area contributed by atoms with Crippen molar-refractivity contribution in [2.45, 2.75) is 32.7 Å². The topological polar surface area (TPSA) is 75.6 Å². The highest BCUT2D eigenvalue weighted by Crippen LogP contribution is 2.07. The van der Waals surface area contributed by atoms with Crippen molar-refractivity contribution in [3.63, 3.8) is 0 Å². The molecule has 0 radical (unpaired) electrons. The van der Waals surface area contributed by atoms with E-state index in [-0.39, 0.29) is 6.61 Å². The first-order valence-electron chi connectivity index (χ1n) is 5.24. The van der Waals surface area contributed by atoms with Crippen LogP contribution in [0.4, 0.5) is 4.79 Å². The molecule has 0 unspecified atom stereocenters. The molecule has 0 fully saturated rings. The molecule has 0 aromatic rings. The number of carbonyl (C=O) groups excluding carboxylic acids is 1. The molecular formula is C11H19NO4. The molecule has 16 heavy (non-hydrogen) atoms. The molecule has 0 heterocycles. The minimum atomic E-state index is -1.05. The van der Waals surface area contributed by atoms with Crippen LogP contribution in [0.1, 0.15) is 26.7 Å². The summed E-state index contributed by atoms with van der Waals surface area (Å²) in [5.41, 5.74) is 0. The highest BCUT2D eigenvalue weighted by molar-refractivity contribution is 5.79. The zero-order chi connectivity index (χ0) is 12.6. The Kier molecular flexibility index (Phi) is 7.00. The van der Waals surface area contributed by atoms with Crippen LogP contribution in [0.15, 0.2) is 12.7 Å². The average molecular weight is 229 g/mol. The minimum Gasteiger partial charge on any atom is -0.480 e. The Bertz CT molecular complexity index is 250. The number of nitrogens with one attached hydrogen (secondary N) is 1. The molecular weight excluding hydrogens is 210 g/mol. The van der Waals surface area contributed by atoms with Crippen LogP contribution in [-0.4, -0.2) is 29.8 Å². The number of rotatable bonds is 7. The molecule has 0 saturated carbocycles. The Balaban J connectivity index is 4.07. The molecule has 5 nitrogen and oxygen atoms in total. The lowest BCUT2D eigenvalue weighted by atomic mass is 10.0. The fourth-order valence-electron chi connectivity index (χ4n) is 1.08. The monoisotopic (exact) mass is 229 g/mol. The van der Waals surface area contributed by atoms with Crippen molar-refractivity contribution < 1.29 is 19.4 Å². The van der Waals surface area contributed by atoms with Crippen LogP contribution in [0.5, 0.6) is 0 Å². The number of ether oxygens (including phenoxy) is 1. The molecule has 0 bridgehead atoms. The Morgan fingerprint density at radius 2 is 2.06 bits per heavy atom. The molecule has 0 aromatic carbocycles. The van der Waals surface area contributed by atoms with E-state index in [1.165, 1.54) is 6.08 Å². The van der Waals surface area contributed by atoms with E-state index < -0.39 is 18.1 Å². The van der Waals surface area contributed by atoms with Crippen LogP contribution in [0, 0.1) is 5.92 Å². The summed E-state index contributed by atoms with van der Waals surface area (Å²) in [5.74, 6) is -0.649. The Morgan fingerprint density at radius 3 is 2.50 bits per heavy atom. The van der Waals surface area contributed by atoms with Gasteiger partial charge in [0.2, 0.25) is 0 Å². The second-order valence-electron chi connectivity index (χ2n) is 3.89. The highest BCUT2D eigenvalue weighted by Gasteiger charge is 2.20. The number of aliphatic carboxylic acids is 1. The molecule has 0 spiro atoms. The molecule has 0 aliphatic heterocycles. The van der Waals surface area contributed by atoms with Gasteiger partial charge in [-0.3, -0.25) is 0 Å². The van der Waals surface area contributed by atoms with Gasteiger partial charge in [-0.05, 0) is 18.8 Å². The van der Waals surface area contributed by atoms with Gasteiger partial charge in [-0.25, -0.2) is 9.59 Å². The summed E-state index contributed by atoms with van der Waals surface area (Å²) in [6.07, 6.45) is 1.83. The van der Waals surface area contributed by atoms with Gasteiger partial charge in [0, 0.05) is 0 Å². The van der Waals surface area contributed by atoms with Gasteiger partial charge in [0.25, 0.3) is 0 Å². The number of amides is 1. The van der Waals surface area contributed by atoms with Crippen LogP contribution < -0.4 is 5.32 Å². The number of hydrogen-bond acceptors (Lipinski definition) is 3. The predicted octanol–water partition coefficient (Wildman–Crippen LogP) is 1.79. The number of carboxylic acid groups (broad SMARTS) is 1. The summed E-state index contributed by atoms with van der Waals surface area (Å²) < 4.78 is 4.65. The van der Waals surface area contributed by atoms with E-state index in [1.807, 2.05) is 13.8 Å². The first kappa shape index (κ1) is 14.5. The Labute approximate surface area is 95.5 Å². The molecule has 0 aliphatic carbocycles. The van der Waals surface area contributed by atoms with Crippen molar-refractivity contribution in [2.75, 3.05) is 6.61 Å². The van der Waals surface area contributed by atoms with Crippen molar-refractivity contribution in [3.05, 3.63) is 12.7 Å². The maximum absolute atomic E-state index is 11.1. The van der Waals surface area contributed by atoms with E-state index in [0.29, 0.717) is 12.3 Å². The molecule has 0 rings (SSSR count). The Morgan fingerprint density at radius 1 is 1.44 bits per heavy atom. The molecule has 92 valence electrons. The number of alkyl carbamates (subject to hydrolysis) is 1. The Hall–Kier alpha value is -1.52. The summed E-state index contributed by atoms with van der Waals surface area (Å²) in [5, 5.41) is 11.2. The quantitative estimate of drug-likeness (QED) is 0.652. The van der Waals surface area contributed by atoms with E-state index >= 15 is 0 Å². The van der Waals surface area contributed by atoms with E-state index in [9.17, 15) is 9.59 Å². The van der Waals surface area contributed by atoms with Crippen LogP contribution in [0.3, 0.4) is 0 Å². The lowest BCUT2D eigenvalue weighted by Crippen LogP contribution is -2.41. The van der Waals surface area contributed by atoms with Gasteiger partial charge in [0.05, 0.1) is 0 Å². The molecule has 0 aliphatic rings. The smallest absolute Gasteiger partial charge is 0.408 e. The second-order valence-corrected chi connectivity index (χ2v) is 3.89. The molecule has 2 N–H and O–H groups in total. The van der Waals surface area contributed by atoms with Crippen LogP contribution in [-0.2, 0) is 9.53 Å². The fraction of sp³-hybridized carbons (Fsp3) is 0.636. The van der Waals surface area contributed by atoms with Crippen molar-refractivity contribution in [1.82, 2.24) is 5.32 Å². The molecule has 1 atom stereocenters. The molecule has 5 heteroatoms. The minimum absolute atomic E-state index is 0.0718. The fourth-order valence-corrected chi connectivity index (χ4v) is 1.08. The predicted molar refractivity (Wildman–Crippen MR) is 60.2 cm³/mol. The lowest BCUT2D eigenvalue weighted by Gasteiger charge is -2.15. The van der Waals surface area contributed by atoms with Gasteiger partial charge in [0.15, 0.2) is 0 Å². The van der Waals surface area contributed by atoms with Gasteiger partial charge >= 0.3 is 12.1 Å². The lowest BCUT2D eigenvalue weighted by molar-refractivity contribution is -0.139. The van der Waals surface area contributed by atoms with Gasteiger partial charge in [-0.2, -0.15) is 0 Å². The summed E-state index contributed by atoms with van der Waals surface area (Å²) >= 11 is 0. The summed E-state index contributed by atoms with van der Waals surface area (Å²) in [6, 6.07) is -0.889. The average Bonchev–Trinajstić information content (AvgIpc) is 2.20. The van der Waals surface area contributed by atoms with Crippen molar-refractivity contribution >= 4 is 12.1 Å². The normalized spacial score (nSPS) is 11.9. The van der Waals surface area contributed by atoms with Crippen molar-refractivity contribution in [2.24, 2.45) is 5.92 Å². The highest BCUT2D eigenvalue weighted by atomic mass is 16.5. The zero-order valence-corrected chi connectivity index (χ0v) is 9.73. The summed E-state index contributed by atoms with van der Waals surface area (Å²) in [4.78, 5) is 21.9. The third-order valence-corrected chi connectivity index (χ3v) is 1.96. The largest absolute Gasteiger partial charge is 0.480 e. The van der Waals surface area contributed by atoms with Crippen LogP contribution in [0.2, 0.25) is 0 Å². The standard InChI is InChI=1S/C11H19NO4/c1-4-7-16-11(15)12-9(10(13)14)6-5-8(2)3/h4,8-9H,1,5-7H2,2-3H3,(H,12,15)(H,13,14)/t9-/m0/s1. The first-order valence-corrected chi connectivity index (χ1v) is 5.24. The maximum Gasteiger partial charge on any atom is 0.408 e. The maximum atomic E-state index is 11.1. The zero-order valence-electron chi connectivity index (χ0n) is 9.73. The summed E-state index contributed by atoms with van der Waals surface area (Å²) in [7, 11) is 0. The van der Waals surface area contributed by atoms with E-state index in [1.54, 1.807) is 0 Å². The molecule has 1 amide bonds. The SMILES string of the molecule is C=CCOC(=O)N[C@@H](CCC(C)C)C(=O)O.